The molecule has 4 nitrogen and oxygen atoms in total. The molecule has 0 aromatic heterocycles. The third kappa shape index (κ3) is 3.66. The second-order valence-electron chi connectivity index (χ2n) is 4.85. The molecule has 20 heavy (non-hydrogen) atoms. The quantitative estimate of drug-likeness (QED) is 0.861. The molecule has 1 fully saturated rings. The van der Waals surface area contributed by atoms with Crippen molar-refractivity contribution in [1.82, 2.24) is 4.90 Å². The molecule has 1 saturated heterocycles. The third-order valence-corrected chi connectivity index (χ3v) is 3.37. The summed E-state index contributed by atoms with van der Waals surface area (Å²) in [5.41, 5.74) is 0.728. The molecule has 0 saturated carbocycles. The van der Waals surface area contributed by atoms with Crippen LogP contribution in [0.4, 0.5) is 4.39 Å². The van der Waals surface area contributed by atoms with Crippen LogP contribution in [0, 0.1) is 11.7 Å². The Labute approximate surface area is 116 Å². The number of carboxylic acids is 1. The first kappa shape index (κ1) is 14.2. The van der Waals surface area contributed by atoms with E-state index in [4.69, 9.17) is 5.11 Å². The Morgan fingerprint density at radius 1 is 1.30 bits per heavy atom. The minimum absolute atomic E-state index is 0.208. The van der Waals surface area contributed by atoms with Crippen LogP contribution < -0.4 is 0 Å². The zero-order valence-electron chi connectivity index (χ0n) is 11.0. The van der Waals surface area contributed by atoms with Crippen LogP contribution in [0.5, 0.6) is 0 Å². The topological polar surface area (TPSA) is 57.6 Å². The van der Waals surface area contributed by atoms with Crippen LogP contribution in [-0.2, 0) is 9.59 Å². The van der Waals surface area contributed by atoms with E-state index in [0.717, 1.165) is 5.56 Å². The third-order valence-electron chi connectivity index (χ3n) is 3.37. The number of piperidine rings is 1. The highest BCUT2D eigenvalue weighted by Gasteiger charge is 2.26. The van der Waals surface area contributed by atoms with E-state index in [9.17, 15) is 14.0 Å². The van der Waals surface area contributed by atoms with Gasteiger partial charge in [-0.3, -0.25) is 9.59 Å². The SMILES string of the molecule is O=C(O)C1CCCN(C(=O)C=Cc2ccc(F)cc2)C1. The standard InChI is InChI=1S/C15H16FNO3/c16-13-6-3-11(4-7-13)5-8-14(18)17-9-1-2-12(10-17)15(19)20/h3-8,12H,1-2,9-10H2,(H,19,20). The molecule has 2 rings (SSSR count). The number of likely N-dealkylation sites (tertiary alicyclic amines) is 1. The van der Waals surface area contributed by atoms with E-state index in [1.165, 1.54) is 18.2 Å². The second-order valence-corrected chi connectivity index (χ2v) is 4.85. The van der Waals surface area contributed by atoms with Crippen molar-refractivity contribution in [2.75, 3.05) is 13.1 Å². The normalized spacial score (nSPS) is 19.2. The predicted molar refractivity (Wildman–Crippen MR) is 72.4 cm³/mol. The van der Waals surface area contributed by atoms with Crippen molar-refractivity contribution in [1.29, 1.82) is 0 Å². The number of aliphatic carboxylic acids is 1. The molecule has 1 aliphatic heterocycles. The number of hydrogen-bond donors (Lipinski definition) is 1. The van der Waals surface area contributed by atoms with E-state index in [2.05, 4.69) is 0 Å². The molecule has 0 aliphatic carbocycles. The highest BCUT2D eigenvalue weighted by Crippen LogP contribution is 2.17. The van der Waals surface area contributed by atoms with Crippen molar-refractivity contribution < 1.29 is 19.1 Å². The zero-order chi connectivity index (χ0) is 14.5. The summed E-state index contributed by atoms with van der Waals surface area (Å²) < 4.78 is 12.7. The maximum absolute atomic E-state index is 12.7. The first-order chi connectivity index (χ1) is 9.56. The van der Waals surface area contributed by atoms with Crippen LogP contribution in [0.25, 0.3) is 6.08 Å². The average Bonchev–Trinajstić information content (AvgIpc) is 2.46. The molecule has 1 heterocycles. The molecule has 0 spiro atoms. The predicted octanol–water partition coefficient (Wildman–Crippen LogP) is 2.16. The molecule has 1 amide bonds. The average molecular weight is 277 g/mol. The first-order valence-electron chi connectivity index (χ1n) is 6.51. The molecule has 1 aromatic rings. The van der Waals surface area contributed by atoms with E-state index < -0.39 is 11.9 Å². The Morgan fingerprint density at radius 2 is 2.00 bits per heavy atom. The fraction of sp³-hybridized carbons (Fsp3) is 0.333. The minimum atomic E-state index is -0.856. The zero-order valence-corrected chi connectivity index (χ0v) is 11.0. The Bertz CT molecular complexity index is 524. The van der Waals surface area contributed by atoms with Gasteiger partial charge in [0.1, 0.15) is 5.82 Å². The smallest absolute Gasteiger partial charge is 0.308 e. The Kier molecular flexibility index (Phi) is 4.50. The summed E-state index contributed by atoms with van der Waals surface area (Å²) in [4.78, 5) is 24.5. The molecule has 0 bridgehead atoms. The van der Waals surface area contributed by atoms with Crippen LogP contribution in [0.3, 0.4) is 0 Å². The van der Waals surface area contributed by atoms with Crippen molar-refractivity contribution in [2.45, 2.75) is 12.8 Å². The fourth-order valence-corrected chi connectivity index (χ4v) is 2.23. The minimum Gasteiger partial charge on any atom is -0.481 e. The summed E-state index contributed by atoms with van der Waals surface area (Å²) in [6, 6.07) is 5.81. The van der Waals surface area contributed by atoms with Crippen molar-refractivity contribution >= 4 is 18.0 Å². The number of carboxylic acid groups (broad SMARTS) is 1. The molecule has 5 heteroatoms. The number of carbonyl (C=O) groups is 2. The Hall–Kier alpha value is -2.17. The summed E-state index contributed by atoms with van der Waals surface area (Å²) >= 11 is 0. The molecule has 1 unspecified atom stereocenters. The number of hydrogen-bond acceptors (Lipinski definition) is 2. The monoisotopic (exact) mass is 277 g/mol. The Morgan fingerprint density at radius 3 is 2.65 bits per heavy atom. The van der Waals surface area contributed by atoms with Crippen LogP contribution in [-0.4, -0.2) is 35.0 Å². The van der Waals surface area contributed by atoms with E-state index in [-0.39, 0.29) is 18.3 Å². The lowest BCUT2D eigenvalue weighted by molar-refractivity contribution is -0.144. The number of rotatable bonds is 3. The molecular formula is C15H16FNO3. The van der Waals surface area contributed by atoms with Crippen molar-refractivity contribution in [2.24, 2.45) is 5.92 Å². The van der Waals surface area contributed by atoms with Gasteiger partial charge in [-0.15, -0.1) is 0 Å². The largest absolute Gasteiger partial charge is 0.481 e. The van der Waals surface area contributed by atoms with Crippen LogP contribution in [0.2, 0.25) is 0 Å². The summed E-state index contributed by atoms with van der Waals surface area (Å²) in [5.74, 6) is -1.87. The highest BCUT2D eigenvalue weighted by atomic mass is 19.1. The Balaban J connectivity index is 1.97. The van der Waals surface area contributed by atoms with Crippen molar-refractivity contribution in [3.63, 3.8) is 0 Å². The number of nitrogens with zero attached hydrogens (tertiary/aromatic N) is 1. The van der Waals surface area contributed by atoms with Gasteiger partial charge in [0.15, 0.2) is 0 Å². The lowest BCUT2D eigenvalue weighted by atomic mass is 9.98. The number of amides is 1. The van der Waals surface area contributed by atoms with Gasteiger partial charge in [0, 0.05) is 19.2 Å². The maximum atomic E-state index is 12.7. The van der Waals surface area contributed by atoms with Gasteiger partial charge in [0.2, 0.25) is 5.91 Å². The van der Waals surface area contributed by atoms with Crippen LogP contribution in [0.1, 0.15) is 18.4 Å². The lowest BCUT2D eigenvalue weighted by Gasteiger charge is -2.29. The van der Waals surface area contributed by atoms with E-state index >= 15 is 0 Å². The van der Waals surface area contributed by atoms with Gasteiger partial charge in [-0.25, -0.2) is 4.39 Å². The molecule has 1 aromatic carbocycles. The number of carbonyl (C=O) groups excluding carboxylic acids is 1. The molecular weight excluding hydrogens is 261 g/mol. The van der Waals surface area contributed by atoms with Gasteiger partial charge in [0.25, 0.3) is 0 Å². The summed E-state index contributed by atoms with van der Waals surface area (Å²) in [6.45, 7) is 0.832. The van der Waals surface area contributed by atoms with Gasteiger partial charge in [-0.05, 0) is 36.6 Å². The van der Waals surface area contributed by atoms with Crippen LogP contribution in [0.15, 0.2) is 30.3 Å². The highest BCUT2D eigenvalue weighted by molar-refractivity contribution is 5.92. The summed E-state index contributed by atoms with van der Waals surface area (Å²) in [7, 11) is 0. The maximum Gasteiger partial charge on any atom is 0.308 e. The fourth-order valence-electron chi connectivity index (χ4n) is 2.23. The molecule has 1 aliphatic rings. The molecule has 1 N–H and O–H groups in total. The number of halogens is 1. The summed E-state index contributed by atoms with van der Waals surface area (Å²) in [6.07, 6.45) is 4.32. The van der Waals surface area contributed by atoms with E-state index in [1.54, 1.807) is 23.1 Å². The van der Waals surface area contributed by atoms with Crippen molar-refractivity contribution in [3.8, 4) is 0 Å². The second kappa shape index (κ2) is 6.32. The van der Waals surface area contributed by atoms with Crippen LogP contribution >= 0.6 is 0 Å². The van der Waals surface area contributed by atoms with Gasteiger partial charge >= 0.3 is 5.97 Å². The van der Waals surface area contributed by atoms with E-state index in [0.29, 0.717) is 19.4 Å². The van der Waals surface area contributed by atoms with Gasteiger partial charge in [-0.2, -0.15) is 0 Å². The molecule has 0 radical (unpaired) electrons. The molecule has 106 valence electrons. The first-order valence-corrected chi connectivity index (χ1v) is 6.51. The van der Waals surface area contributed by atoms with Crippen molar-refractivity contribution in [3.05, 3.63) is 41.7 Å². The van der Waals surface area contributed by atoms with E-state index in [1.807, 2.05) is 0 Å². The summed E-state index contributed by atoms with van der Waals surface area (Å²) in [5, 5.41) is 8.98. The van der Waals surface area contributed by atoms with Gasteiger partial charge in [0.05, 0.1) is 5.92 Å². The van der Waals surface area contributed by atoms with Gasteiger partial charge < -0.3 is 10.0 Å². The lowest BCUT2D eigenvalue weighted by Crippen LogP contribution is -2.41. The number of benzene rings is 1. The molecule has 1 atom stereocenters. The van der Waals surface area contributed by atoms with Gasteiger partial charge in [-0.1, -0.05) is 12.1 Å².